The van der Waals surface area contributed by atoms with Gasteiger partial charge in [-0.25, -0.2) is 4.98 Å². The summed E-state index contributed by atoms with van der Waals surface area (Å²) in [7, 11) is 0. The van der Waals surface area contributed by atoms with E-state index in [1.54, 1.807) is 0 Å². The number of rotatable bonds is 7. The monoisotopic (exact) mass is 438 g/mol. The number of aromatic amines is 1. The van der Waals surface area contributed by atoms with Gasteiger partial charge in [0.25, 0.3) is 0 Å². The Bertz CT molecular complexity index is 994. The van der Waals surface area contributed by atoms with Gasteiger partial charge >= 0.3 is 6.36 Å². The Morgan fingerprint density at radius 3 is 2.52 bits per heavy atom. The van der Waals surface area contributed by atoms with Crippen molar-refractivity contribution in [1.82, 2.24) is 30.6 Å². The molecule has 9 nitrogen and oxygen atoms in total. The summed E-state index contributed by atoms with van der Waals surface area (Å²) in [4.78, 5) is 20.8. The minimum Gasteiger partial charge on any atom is -0.406 e. The van der Waals surface area contributed by atoms with Crippen molar-refractivity contribution < 1.29 is 27.2 Å². The molecule has 12 heteroatoms. The highest BCUT2D eigenvalue weighted by atomic mass is 19.4. The summed E-state index contributed by atoms with van der Waals surface area (Å²) in [5, 5.41) is 13.1. The summed E-state index contributed by atoms with van der Waals surface area (Å²) < 4.78 is 45.9. The Morgan fingerprint density at radius 1 is 1.23 bits per heavy atom. The van der Waals surface area contributed by atoms with Crippen LogP contribution in [0.4, 0.5) is 13.2 Å². The summed E-state index contributed by atoms with van der Waals surface area (Å²) in [6.45, 7) is 5.74. The molecule has 166 valence electrons. The van der Waals surface area contributed by atoms with E-state index in [2.05, 4.69) is 35.4 Å². The number of aromatic nitrogens is 5. The van der Waals surface area contributed by atoms with Crippen molar-refractivity contribution in [2.75, 3.05) is 0 Å². The Balaban J connectivity index is 1.61. The molecule has 0 saturated heterocycles. The van der Waals surface area contributed by atoms with E-state index in [1.165, 1.54) is 30.6 Å². The highest BCUT2D eigenvalue weighted by molar-refractivity contribution is 5.76. The molecule has 2 N–H and O–H groups in total. The Morgan fingerprint density at radius 2 is 1.94 bits per heavy atom. The van der Waals surface area contributed by atoms with Gasteiger partial charge in [0.1, 0.15) is 18.1 Å². The second-order valence-corrected chi connectivity index (χ2v) is 7.85. The van der Waals surface area contributed by atoms with E-state index < -0.39 is 17.8 Å². The van der Waals surface area contributed by atoms with Gasteiger partial charge in [-0.2, -0.15) is 10.1 Å². The van der Waals surface area contributed by atoms with E-state index in [-0.39, 0.29) is 29.8 Å². The van der Waals surface area contributed by atoms with Crippen LogP contribution in [0, 0.1) is 5.41 Å². The minimum absolute atomic E-state index is 0.120. The van der Waals surface area contributed by atoms with Crippen molar-refractivity contribution in [3.05, 3.63) is 42.0 Å². The van der Waals surface area contributed by atoms with Gasteiger partial charge in [-0.1, -0.05) is 38.1 Å². The molecule has 0 saturated carbocycles. The first-order valence-electron chi connectivity index (χ1n) is 9.34. The molecule has 0 aliphatic heterocycles. The predicted octanol–water partition coefficient (Wildman–Crippen LogP) is 3.59. The number of benzene rings is 1. The molecular formula is C19H21F3N6O3. The van der Waals surface area contributed by atoms with Crippen molar-refractivity contribution in [1.29, 1.82) is 0 Å². The van der Waals surface area contributed by atoms with Gasteiger partial charge < -0.3 is 14.6 Å². The number of nitrogens with zero attached hydrogens (tertiary/aromatic N) is 4. The maximum Gasteiger partial charge on any atom is 0.573 e. The van der Waals surface area contributed by atoms with Gasteiger partial charge in [0.15, 0.2) is 5.82 Å². The molecule has 1 unspecified atom stereocenters. The molecule has 1 aromatic carbocycles. The molecule has 3 rings (SSSR count). The van der Waals surface area contributed by atoms with Crippen LogP contribution >= 0.6 is 0 Å². The fourth-order valence-corrected chi connectivity index (χ4v) is 2.76. The number of carbonyl (C=O) groups is 1. The van der Waals surface area contributed by atoms with Crippen LogP contribution in [0.5, 0.6) is 5.75 Å². The molecule has 0 aliphatic rings. The normalized spacial score (nSPS) is 13.1. The third-order valence-electron chi connectivity index (χ3n) is 4.28. The third-order valence-corrected chi connectivity index (χ3v) is 4.28. The topological polar surface area (TPSA) is 119 Å². The number of hydrogen-bond acceptors (Lipinski definition) is 7. The molecule has 0 aliphatic carbocycles. The van der Waals surface area contributed by atoms with Crippen molar-refractivity contribution >= 4 is 5.91 Å². The smallest absolute Gasteiger partial charge is 0.406 e. The first-order valence-corrected chi connectivity index (χ1v) is 9.34. The van der Waals surface area contributed by atoms with Crippen LogP contribution in [0.3, 0.4) is 0 Å². The lowest BCUT2D eigenvalue weighted by Crippen LogP contribution is -2.37. The zero-order chi connectivity index (χ0) is 22.6. The molecule has 0 spiro atoms. The standard InChI is InChI=1S/C19H21F3N6O3/c1-18(2,3)14(17-26-16(28-31-17)15-23-10-24-27-15)25-13(29)9-6-11-4-7-12(8-5-11)30-19(20,21)22/h4-5,7-8,10,14H,6,9H2,1-3H3,(H,25,29)(H,23,24,27). The van der Waals surface area contributed by atoms with Crippen LogP contribution in [-0.2, 0) is 11.2 Å². The van der Waals surface area contributed by atoms with Gasteiger partial charge in [0.2, 0.25) is 17.6 Å². The van der Waals surface area contributed by atoms with Crippen molar-refractivity contribution in [2.24, 2.45) is 5.41 Å². The second kappa shape index (κ2) is 8.74. The van der Waals surface area contributed by atoms with Gasteiger partial charge in [-0.3, -0.25) is 9.89 Å². The first-order chi connectivity index (χ1) is 14.5. The summed E-state index contributed by atoms with van der Waals surface area (Å²) in [6.07, 6.45) is -2.97. The molecule has 31 heavy (non-hydrogen) atoms. The number of alkyl halides is 3. The number of aryl methyl sites for hydroxylation is 1. The van der Waals surface area contributed by atoms with Crippen LogP contribution in [0.25, 0.3) is 11.6 Å². The van der Waals surface area contributed by atoms with Gasteiger partial charge in [-0.15, -0.1) is 13.2 Å². The lowest BCUT2D eigenvalue weighted by molar-refractivity contribution is -0.274. The molecule has 2 aromatic heterocycles. The molecule has 3 aromatic rings. The van der Waals surface area contributed by atoms with E-state index in [9.17, 15) is 18.0 Å². The predicted molar refractivity (Wildman–Crippen MR) is 101 cm³/mol. The highest BCUT2D eigenvalue weighted by Gasteiger charge is 2.33. The number of ether oxygens (including phenoxy) is 1. The van der Waals surface area contributed by atoms with E-state index in [4.69, 9.17) is 4.52 Å². The molecule has 2 heterocycles. The molecule has 0 radical (unpaired) electrons. The lowest BCUT2D eigenvalue weighted by Gasteiger charge is -2.28. The van der Waals surface area contributed by atoms with E-state index >= 15 is 0 Å². The zero-order valence-electron chi connectivity index (χ0n) is 17.0. The average molecular weight is 438 g/mol. The minimum atomic E-state index is -4.74. The first kappa shape index (κ1) is 22.2. The van der Waals surface area contributed by atoms with Gasteiger partial charge in [0, 0.05) is 6.42 Å². The Hall–Kier alpha value is -3.44. The SMILES string of the molecule is CC(C)(C)C(NC(=O)CCc1ccc(OC(F)(F)F)cc1)c1nc(-c2ncn[nH]2)no1. The van der Waals surface area contributed by atoms with Gasteiger partial charge in [-0.05, 0) is 29.5 Å². The van der Waals surface area contributed by atoms with Gasteiger partial charge in [0.05, 0.1) is 0 Å². The number of halogens is 3. The number of amides is 1. The van der Waals surface area contributed by atoms with Crippen LogP contribution in [-0.4, -0.2) is 37.6 Å². The van der Waals surface area contributed by atoms with Crippen molar-refractivity contribution in [2.45, 2.75) is 46.0 Å². The fraction of sp³-hybridized carbons (Fsp3) is 0.421. The number of carbonyl (C=O) groups excluding carboxylic acids is 1. The quantitative estimate of drug-likeness (QED) is 0.579. The molecule has 1 atom stereocenters. The maximum absolute atomic E-state index is 12.5. The Kier molecular flexibility index (Phi) is 6.27. The Labute approximate surface area is 175 Å². The van der Waals surface area contributed by atoms with E-state index in [0.29, 0.717) is 17.8 Å². The maximum atomic E-state index is 12.5. The molecule has 0 bridgehead atoms. The number of H-pyrrole nitrogens is 1. The summed E-state index contributed by atoms with van der Waals surface area (Å²) >= 11 is 0. The third kappa shape index (κ3) is 6.27. The van der Waals surface area contributed by atoms with Crippen LogP contribution in [0.2, 0.25) is 0 Å². The fourth-order valence-electron chi connectivity index (χ4n) is 2.76. The van der Waals surface area contributed by atoms with E-state index in [1.807, 2.05) is 20.8 Å². The zero-order valence-corrected chi connectivity index (χ0v) is 17.0. The number of hydrogen-bond donors (Lipinski definition) is 2. The molecular weight excluding hydrogens is 417 g/mol. The van der Waals surface area contributed by atoms with Crippen LogP contribution < -0.4 is 10.1 Å². The lowest BCUT2D eigenvalue weighted by atomic mass is 9.86. The van der Waals surface area contributed by atoms with Crippen LogP contribution in [0.15, 0.2) is 35.1 Å². The van der Waals surface area contributed by atoms with Crippen molar-refractivity contribution in [3.8, 4) is 17.4 Å². The largest absolute Gasteiger partial charge is 0.573 e. The second-order valence-electron chi connectivity index (χ2n) is 7.85. The highest BCUT2D eigenvalue weighted by Crippen LogP contribution is 2.32. The van der Waals surface area contributed by atoms with E-state index in [0.717, 1.165) is 0 Å². The van der Waals surface area contributed by atoms with Crippen molar-refractivity contribution in [3.63, 3.8) is 0 Å². The summed E-state index contributed by atoms with van der Waals surface area (Å²) in [5.74, 6) is 0.201. The molecule has 0 fully saturated rings. The number of nitrogens with one attached hydrogen (secondary N) is 2. The summed E-state index contributed by atoms with van der Waals surface area (Å²) in [5.41, 5.74) is 0.264. The summed E-state index contributed by atoms with van der Waals surface area (Å²) in [6, 6.07) is 4.82. The van der Waals surface area contributed by atoms with Crippen LogP contribution in [0.1, 0.15) is 44.7 Å². The molecule has 1 amide bonds. The average Bonchev–Trinajstić information content (AvgIpc) is 3.35.